The minimum absolute atomic E-state index is 0.910. The predicted octanol–water partition coefficient (Wildman–Crippen LogP) is 4.37. The highest BCUT2D eigenvalue weighted by molar-refractivity contribution is 7.98. The van der Waals surface area contributed by atoms with E-state index in [0.29, 0.717) is 0 Å². The smallest absolute Gasteiger partial charge is 0.109 e. The molecule has 1 aromatic heterocycles. The molecule has 0 atom stereocenters. The zero-order valence-electron chi connectivity index (χ0n) is 10.2. The molecule has 0 aliphatic carbocycles. The van der Waals surface area contributed by atoms with E-state index in [0.717, 1.165) is 22.8 Å². The minimum Gasteiger partial charge on any atom is -0.466 e. The van der Waals surface area contributed by atoms with Crippen molar-refractivity contribution in [3.05, 3.63) is 47.4 Å². The van der Waals surface area contributed by atoms with Crippen LogP contribution in [-0.2, 0) is 0 Å². The molecule has 0 bridgehead atoms. The second kappa shape index (κ2) is 5.23. The van der Waals surface area contributed by atoms with Gasteiger partial charge in [0.2, 0.25) is 0 Å². The van der Waals surface area contributed by atoms with Gasteiger partial charge in [0.25, 0.3) is 0 Å². The summed E-state index contributed by atoms with van der Waals surface area (Å²) in [7, 11) is 0. The van der Waals surface area contributed by atoms with E-state index in [1.54, 1.807) is 11.8 Å². The number of nitrogens with zero attached hydrogens (tertiary/aromatic N) is 1. The lowest BCUT2D eigenvalue weighted by Crippen LogP contribution is -1.80. The van der Waals surface area contributed by atoms with Crippen molar-refractivity contribution < 1.29 is 4.42 Å². The van der Waals surface area contributed by atoms with Crippen LogP contribution in [0.25, 0.3) is 0 Å². The average Bonchev–Trinajstić information content (AvgIpc) is 2.65. The molecular formula is C14H15NOS. The molecule has 2 nitrogen and oxygen atoms in total. The van der Waals surface area contributed by atoms with Crippen LogP contribution >= 0.6 is 11.8 Å². The van der Waals surface area contributed by atoms with Crippen molar-refractivity contribution >= 4 is 23.7 Å². The molecule has 0 N–H and O–H groups in total. The Hall–Kier alpha value is -1.48. The molecule has 1 heterocycles. The van der Waals surface area contributed by atoms with Crippen LogP contribution in [0.15, 0.2) is 44.6 Å². The molecule has 17 heavy (non-hydrogen) atoms. The fourth-order valence-electron chi connectivity index (χ4n) is 1.65. The van der Waals surface area contributed by atoms with Gasteiger partial charge in [-0.2, -0.15) is 0 Å². The quantitative estimate of drug-likeness (QED) is 0.592. The highest BCUT2D eigenvalue weighted by Gasteiger charge is 2.02. The summed E-state index contributed by atoms with van der Waals surface area (Å²) in [5.74, 6) is 1.83. The molecular weight excluding hydrogens is 230 g/mol. The van der Waals surface area contributed by atoms with Crippen molar-refractivity contribution in [2.75, 3.05) is 6.26 Å². The number of benzene rings is 1. The normalized spacial score (nSPS) is 11.2. The van der Waals surface area contributed by atoms with Gasteiger partial charge in [-0.25, -0.2) is 0 Å². The van der Waals surface area contributed by atoms with Crippen molar-refractivity contribution in [3.63, 3.8) is 0 Å². The highest BCUT2D eigenvalue weighted by atomic mass is 32.2. The van der Waals surface area contributed by atoms with Gasteiger partial charge in [0.15, 0.2) is 0 Å². The summed E-state index contributed by atoms with van der Waals surface area (Å²) in [6.45, 7) is 3.90. The molecule has 0 amide bonds. The number of para-hydroxylation sites is 1. The second-order valence-electron chi connectivity index (χ2n) is 3.80. The van der Waals surface area contributed by atoms with Crippen molar-refractivity contribution in [1.29, 1.82) is 0 Å². The maximum absolute atomic E-state index is 5.46. The third-order valence-corrected chi connectivity index (χ3v) is 3.29. The number of rotatable bonds is 3. The molecule has 0 unspecified atom stereocenters. The van der Waals surface area contributed by atoms with E-state index in [2.05, 4.69) is 17.3 Å². The SMILES string of the molecule is CSc1ccccc1N=Cc1cc(C)oc1C. The molecule has 2 aromatic rings. The largest absolute Gasteiger partial charge is 0.466 e. The maximum atomic E-state index is 5.46. The lowest BCUT2D eigenvalue weighted by molar-refractivity contribution is 0.504. The first kappa shape index (κ1) is 12.0. The molecule has 1 aromatic carbocycles. The number of furan rings is 1. The first-order valence-corrected chi connectivity index (χ1v) is 6.67. The van der Waals surface area contributed by atoms with E-state index in [-0.39, 0.29) is 0 Å². The van der Waals surface area contributed by atoms with Gasteiger partial charge in [-0.05, 0) is 38.3 Å². The van der Waals surface area contributed by atoms with Crippen molar-refractivity contribution in [2.24, 2.45) is 4.99 Å². The van der Waals surface area contributed by atoms with Gasteiger partial charge >= 0.3 is 0 Å². The zero-order valence-corrected chi connectivity index (χ0v) is 11.0. The average molecular weight is 245 g/mol. The van der Waals surface area contributed by atoms with E-state index >= 15 is 0 Å². The Morgan fingerprint density at radius 3 is 2.65 bits per heavy atom. The second-order valence-corrected chi connectivity index (χ2v) is 4.65. The Labute approximate surface area is 106 Å². The predicted molar refractivity (Wildman–Crippen MR) is 73.7 cm³/mol. The zero-order chi connectivity index (χ0) is 12.3. The Morgan fingerprint density at radius 1 is 1.24 bits per heavy atom. The highest BCUT2D eigenvalue weighted by Crippen LogP contribution is 2.27. The van der Waals surface area contributed by atoms with Crippen LogP contribution in [0.1, 0.15) is 17.1 Å². The van der Waals surface area contributed by atoms with E-state index in [1.165, 1.54) is 4.90 Å². The number of thioether (sulfide) groups is 1. The Morgan fingerprint density at radius 2 is 2.00 bits per heavy atom. The molecule has 0 aliphatic rings. The Bertz CT molecular complexity index is 543. The molecule has 0 fully saturated rings. The summed E-state index contributed by atoms with van der Waals surface area (Å²) in [4.78, 5) is 5.70. The molecule has 3 heteroatoms. The van der Waals surface area contributed by atoms with Crippen molar-refractivity contribution in [3.8, 4) is 0 Å². The lowest BCUT2D eigenvalue weighted by atomic mass is 10.2. The molecule has 0 saturated heterocycles. The van der Waals surface area contributed by atoms with Crippen molar-refractivity contribution in [1.82, 2.24) is 0 Å². The van der Waals surface area contributed by atoms with Gasteiger partial charge in [0.1, 0.15) is 11.5 Å². The van der Waals surface area contributed by atoms with E-state index < -0.39 is 0 Å². The van der Waals surface area contributed by atoms with Crippen LogP contribution in [0.3, 0.4) is 0 Å². The molecule has 88 valence electrons. The molecule has 0 saturated carbocycles. The van der Waals surface area contributed by atoms with E-state index in [1.807, 2.05) is 44.3 Å². The first-order chi connectivity index (χ1) is 8.20. The van der Waals surface area contributed by atoms with Crippen LogP contribution < -0.4 is 0 Å². The molecule has 0 aliphatic heterocycles. The number of hydrogen-bond donors (Lipinski definition) is 0. The molecule has 0 spiro atoms. The summed E-state index contributed by atoms with van der Waals surface area (Å²) in [5, 5.41) is 0. The fraction of sp³-hybridized carbons (Fsp3) is 0.214. The van der Waals surface area contributed by atoms with Gasteiger partial charge < -0.3 is 4.42 Å². The summed E-state index contributed by atoms with van der Waals surface area (Å²) in [6.07, 6.45) is 3.92. The monoisotopic (exact) mass is 245 g/mol. The summed E-state index contributed by atoms with van der Waals surface area (Å²) in [6, 6.07) is 10.1. The van der Waals surface area contributed by atoms with Gasteiger partial charge in [-0.3, -0.25) is 4.99 Å². The third-order valence-electron chi connectivity index (χ3n) is 2.51. The van der Waals surface area contributed by atoms with Crippen LogP contribution in [-0.4, -0.2) is 12.5 Å². The topological polar surface area (TPSA) is 25.5 Å². The van der Waals surface area contributed by atoms with Crippen LogP contribution in [0.2, 0.25) is 0 Å². The van der Waals surface area contributed by atoms with Crippen LogP contribution in [0.4, 0.5) is 5.69 Å². The lowest BCUT2D eigenvalue weighted by Gasteiger charge is -2.00. The van der Waals surface area contributed by atoms with E-state index in [4.69, 9.17) is 4.42 Å². The first-order valence-electron chi connectivity index (χ1n) is 5.45. The maximum Gasteiger partial charge on any atom is 0.109 e. The third kappa shape index (κ3) is 2.80. The molecule has 2 rings (SSSR count). The van der Waals surface area contributed by atoms with Gasteiger partial charge in [0, 0.05) is 16.7 Å². The van der Waals surface area contributed by atoms with E-state index in [9.17, 15) is 0 Å². The van der Waals surface area contributed by atoms with Crippen molar-refractivity contribution in [2.45, 2.75) is 18.7 Å². The minimum atomic E-state index is 0.910. The number of aryl methyl sites for hydroxylation is 2. The van der Waals surface area contributed by atoms with Gasteiger partial charge in [-0.1, -0.05) is 12.1 Å². The summed E-state index contributed by atoms with van der Waals surface area (Å²) >= 11 is 1.70. The Balaban J connectivity index is 2.29. The number of aliphatic imine (C=N–C) groups is 1. The van der Waals surface area contributed by atoms with Gasteiger partial charge in [0.05, 0.1) is 5.69 Å². The Kier molecular flexibility index (Phi) is 3.69. The fourth-order valence-corrected chi connectivity index (χ4v) is 2.20. The molecule has 0 radical (unpaired) electrons. The van der Waals surface area contributed by atoms with Gasteiger partial charge in [-0.15, -0.1) is 11.8 Å². The van der Waals surface area contributed by atoms with Crippen LogP contribution in [0.5, 0.6) is 0 Å². The standard InChI is InChI=1S/C14H15NOS/c1-10-8-12(11(2)16-10)9-15-13-6-4-5-7-14(13)17-3/h4-9H,1-3H3. The summed E-state index contributed by atoms with van der Waals surface area (Å²) < 4.78 is 5.46. The van der Waals surface area contributed by atoms with Crippen LogP contribution in [0, 0.1) is 13.8 Å². The summed E-state index contributed by atoms with van der Waals surface area (Å²) in [5.41, 5.74) is 2.04. The number of hydrogen-bond acceptors (Lipinski definition) is 3.